The predicted molar refractivity (Wildman–Crippen MR) is 51.0 cm³/mol. The third-order valence-corrected chi connectivity index (χ3v) is 2.39. The quantitative estimate of drug-likeness (QED) is 0.495. The summed E-state index contributed by atoms with van der Waals surface area (Å²) in [7, 11) is 0. The Labute approximate surface area is 74.9 Å². The van der Waals surface area contributed by atoms with E-state index in [0.29, 0.717) is 6.04 Å². The van der Waals surface area contributed by atoms with Crippen molar-refractivity contribution < 1.29 is 5.11 Å². The van der Waals surface area contributed by atoms with E-state index in [-0.39, 0.29) is 12.6 Å². The summed E-state index contributed by atoms with van der Waals surface area (Å²) < 4.78 is 0. The van der Waals surface area contributed by atoms with Crippen LogP contribution in [0, 0.1) is 5.92 Å². The van der Waals surface area contributed by atoms with Gasteiger partial charge in [0.05, 0.1) is 12.6 Å². The molecular formula is C10H19NO. The molecule has 0 aliphatic carbocycles. The minimum atomic E-state index is 0.189. The molecular weight excluding hydrogens is 150 g/mol. The van der Waals surface area contributed by atoms with Crippen molar-refractivity contribution in [3.05, 3.63) is 12.7 Å². The molecule has 1 fully saturated rings. The molecule has 12 heavy (non-hydrogen) atoms. The van der Waals surface area contributed by atoms with Crippen LogP contribution in [0.5, 0.6) is 0 Å². The molecule has 0 radical (unpaired) electrons. The average molecular weight is 169 g/mol. The maximum absolute atomic E-state index is 8.98. The lowest BCUT2D eigenvalue weighted by atomic mass is 10.1. The lowest BCUT2D eigenvalue weighted by molar-refractivity contribution is 0.224. The number of rotatable bonds is 5. The molecule has 1 saturated heterocycles. The number of aliphatic hydroxyl groups excluding tert-OH is 1. The van der Waals surface area contributed by atoms with Gasteiger partial charge >= 0.3 is 0 Å². The van der Waals surface area contributed by atoms with Crippen LogP contribution in [0.4, 0.5) is 0 Å². The number of nitrogens with zero attached hydrogens (tertiary/aromatic N) is 1. The van der Waals surface area contributed by atoms with E-state index < -0.39 is 0 Å². The number of hydrogen-bond acceptors (Lipinski definition) is 2. The van der Waals surface area contributed by atoms with E-state index >= 15 is 0 Å². The topological polar surface area (TPSA) is 23.2 Å². The first kappa shape index (κ1) is 9.75. The molecule has 70 valence electrons. The van der Waals surface area contributed by atoms with Crippen LogP contribution in [0.25, 0.3) is 0 Å². The van der Waals surface area contributed by atoms with Gasteiger partial charge in [0.1, 0.15) is 0 Å². The largest absolute Gasteiger partial charge is 0.394 e. The van der Waals surface area contributed by atoms with Crippen LogP contribution in [-0.2, 0) is 0 Å². The molecule has 1 N–H and O–H groups in total. The van der Waals surface area contributed by atoms with Crippen molar-refractivity contribution in [2.75, 3.05) is 13.2 Å². The van der Waals surface area contributed by atoms with Gasteiger partial charge in [-0.3, -0.25) is 4.90 Å². The first-order chi connectivity index (χ1) is 5.69. The van der Waals surface area contributed by atoms with Crippen molar-refractivity contribution >= 4 is 0 Å². The smallest absolute Gasteiger partial charge is 0.0622 e. The third-order valence-electron chi connectivity index (χ3n) is 2.39. The van der Waals surface area contributed by atoms with Crippen molar-refractivity contribution in [2.45, 2.75) is 32.4 Å². The molecule has 2 nitrogen and oxygen atoms in total. The summed E-state index contributed by atoms with van der Waals surface area (Å²) >= 11 is 0. The Balaban J connectivity index is 2.26. The van der Waals surface area contributed by atoms with Gasteiger partial charge in [-0.1, -0.05) is 19.9 Å². The second-order valence-corrected chi connectivity index (χ2v) is 3.97. The molecule has 2 heteroatoms. The Morgan fingerprint density at radius 1 is 1.67 bits per heavy atom. The molecule has 3 atom stereocenters. The summed E-state index contributed by atoms with van der Waals surface area (Å²) in [5.74, 6) is 0.754. The van der Waals surface area contributed by atoms with E-state index in [2.05, 4.69) is 25.3 Å². The minimum Gasteiger partial charge on any atom is -0.394 e. The van der Waals surface area contributed by atoms with Gasteiger partial charge in [-0.15, -0.1) is 6.58 Å². The fourth-order valence-electron chi connectivity index (χ4n) is 1.67. The summed E-state index contributed by atoms with van der Waals surface area (Å²) in [5.41, 5.74) is 0. The van der Waals surface area contributed by atoms with E-state index in [0.717, 1.165) is 12.5 Å². The highest BCUT2D eigenvalue weighted by Crippen LogP contribution is 2.27. The number of aliphatic hydroxyl groups is 1. The van der Waals surface area contributed by atoms with Crippen LogP contribution >= 0.6 is 0 Å². The van der Waals surface area contributed by atoms with Gasteiger partial charge in [0.15, 0.2) is 0 Å². The summed E-state index contributed by atoms with van der Waals surface area (Å²) in [4.78, 5) is 2.30. The monoisotopic (exact) mass is 169 g/mol. The van der Waals surface area contributed by atoms with Gasteiger partial charge in [0.2, 0.25) is 0 Å². The summed E-state index contributed by atoms with van der Waals surface area (Å²) in [5, 5.41) is 8.98. The Kier molecular flexibility index (Phi) is 3.29. The lowest BCUT2D eigenvalue weighted by Gasteiger charge is -2.12. The molecule has 0 aromatic rings. The Morgan fingerprint density at radius 2 is 2.33 bits per heavy atom. The standard InChI is InChI=1S/C10H19NO/c1-4-9(7-12)11-6-10(11)5-8(2)3/h4,8-10,12H,1,5-7H2,2-3H3. The lowest BCUT2D eigenvalue weighted by Crippen LogP contribution is -2.22. The zero-order chi connectivity index (χ0) is 9.14. The molecule has 0 aromatic heterocycles. The second kappa shape index (κ2) is 4.06. The van der Waals surface area contributed by atoms with E-state index in [1.54, 1.807) is 0 Å². The number of hydrogen-bond donors (Lipinski definition) is 1. The zero-order valence-corrected chi connectivity index (χ0v) is 8.03. The van der Waals surface area contributed by atoms with Crippen molar-refractivity contribution in [1.82, 2.24) is 4.90 Å². The Hall–Kier alpha value is -0.340. The van der Waals surface area contributed by atoms with Crippen LogP contribution in [-0.4, -0.2) is 35.2 Å². The molecule has 0 aromatic carbocycles. The van der Waals surface area contributed by atoms with Crippen molar-refractivity contribution in [2.24, 2.45) is 5.92 Å². The molecule has 0 bridgehead atoms. The van der Waals surface area contributed by atoms with E-state index in [9.17, 15) is 0 Å². The van der Waals surface area contributed by atoms with Crippen molar-refractivity contribution in [3.63, 3.8) is 0 Å². The van der Waals surface area contributed by atoms with Crippen LogP contribution in [0.2, 0.25) is 0 Å². The predicted octanol–water partition coefficient (Wildman–Crippen LogP) is 1.26. The van der Waals surface area contributed by atoms with E-state index in [4.69, 9.17) is 5.11 Å². The maximum atomic E-state index is 8.98. The summed E-state index contributed by atoms with van der Waals surface area (Å²) in [6.45, 7) is 9.51. The fraction of sp³-hybridized carbons (Fsp3) is 0.800. The molecule has 1 rings (SSSR count). The highest BCUT2D eigenvalue weighted by Gasteiger charge is 2.37. The minimum absolute atomic E-state index is 0.189. The third kappa shape index (κ3) is 2.32. The highest BCUT2D eigenvalue weighted by atomic mass is 16.3. The van der Waals surface area contributed by atoms with Crippen LogP contribution in [0.1, 0.15) is 20.3 Å². The van der Waals surface area contributed by atoms with Gasteiger partial charge in [-0.05, 0) is 12.3 Å². The fourth-order valence-corrected chi connectivity index (χ4v) is 1.67. The molecule has 1 aliphatic rings. The van der Waals surface area contributed by atoms with Gasteiger partial charge in [0.25, 0.3) is 0 Å². The normalized spacial score (nSPS) is 30.3. The van der Waals surface area contributed by atoms with Gasteiger partial charge in [-0.2, -0.15) is 0 Å². The van der Waals surface area contributed by atoms with Gasteiger partial charge in [-0.25, -0.2) is 0 Å². The van der Waals surface area contributed by atoms with Crippen LogP contribution < -0.4 is 0 Å². The maximum Gasteiger partial charge on any atom is 0.0622 e. The van der Waals surface area contributed by atoms with E-state index in [1.807, 2.05) is 6.08 Å². The summed E-state index contributed by atoms with van der Waals surface area (Å²) in [6, 6.07) is 0.883. The first-order valence-electron chi connectivity index (χ1n) is 4.68. The van der Waals surface area contributed by atoms with Crippen LogP contribution in [0.3, 0.4) is 0 Å². The second-order valence-electron chi connectivity index (χ2n) is 3.97. The Bertz CT molecular complexity index is 156. The zero-order valence-electron chi connectivity index (χ0n) is 8.03. The van der Waals surface area contributed by atoms with Gasteiger partial charge < -0.3 is 5.11 Å². The molecule has 1 aliphatic heterocycles. The van der Waals surface area contributed by atoms with E-state index in [1.165, 1.54) is 6.42 Å². The van der Waals surface area contributed by atoms with Gasteiger partial charge in [0, 0.05) is 12.6 Å². The first-order valence-corrected chi connectivity index (χ1v) is 4.68. The molecule has 0 amide bonds. The summed E-state index contributed by atoms with van der Waals surface area (Å²) in [6.07, 6.45) is 3.07. The molecule has 3 unspecified atom stereocenters. The van der Waals surface area contributed by atoms with Crippen molar-refractivity contribution in [1.29, 1.82) is 0 Å². The molecule has 1 heterocycles. The molecule has 0 spiro atoms. The Morgan fingerprint density at radius 3 is 2.75 bits per heavy atom. The SMILES string of the molecule is C=CC(CO)N1CC1CC(C)C. The molecule has 0 saturated carbocycles. The van der Waals surface area contributed by atoms with Crippen molar-refractivity contribution in [3.8, 4) is 0 Å². The highest BCUT2D eigenvalue weighted by molar-refractivity contribution is 5.00. The van der Waals surface area contributed by atoms with Crippen LogP contribution in [0.15, 0.2) is 12.7 Å². The average Bonchev–Trinajstić information content (AvgIpc) is 2.70.